The molecule has 1 N–H and O–H groups in total. The van der Waals surface area contributed by atoms with Crippen LogP contribution in [0.1, 0.15) is 109 Å². The molecule has 1 amide bonds. The highest BCUT2D eigenvalue weighted by Crippen LogP contribution is 2.39. The zero-order valence-electron chi connectivity index (χ0n) is 23.1. The van der Waals surface area contributed by atoms with E-state index in [0.717, 1.165) is 60.4 Å². The summed E-state index contributed by atoms with van der Waals surface area (Å²) in [6, 6.07) is 10.7. The molecule has 3 aromatic rings. The van der Waals surface area contributed by atoms with Gasteiger partial charge >= 0.3 is 6.18 Å². The third kappa shape index (κ3) is 6.45. The number of benzene rings is 2. The van der Waals surface area contributed by atoms with E-state index in [2.05, 4.69) is 17.3 Å². The van der Waals surface area contributed by atoms with E-state index in [-0.39, 0.29) is 11.6 Å². The van der Waals surface area contributed by atoms with E-state index in [1.807, 2.05) is 50.3 Å². The molecule has 0 saturated carbocycles. The summed E-state index contributed by atoms with van der Waals surface area (Å²) in [6.07, 6.45) is 7.64. The van der Waals surface area contributed by atoms with Crippen LogP contribution in [-0.2, 0) is 25.4 Å². The first-order valence-corrected chi connectivity index (χ1v) is 14.2. The van der Waals surface area contributed by atoms with Crippen molar-refractivity contribution in [3.8, 4) is 0 Å². The van der Waals surface area contributed by atoms with Gasteiger partial charge in [-0.05, 0) is 72.4 Å². The second kappa shape index (κ2) is 12.7. The number of fused-ring (bicyclic) bond motifs is 1. The highest BCUT2D eigenvalue weighted by Gasteiger charge is 2.36. The van der Waals surface area contributed by atoms with Crippen molar-refractivity contribution in [3.63, 3.8) is 0 Å². The normalized spacial score (nSPS) is 14.6. The van der Waals surface area contributed by atoms with Gasteiger partial charge in [0.25, 0.3) is 5.91 Å². The lowest BCUT2D eigenvalue weighted by Gasteiger charge is -2.23. The van der Waals surface area contributed by atoms with Crippen LogP contribution in [-0.4, -0.2) is 15.7 Å². The molecule has 0 fully saturated rings. The monoisotopic (exact) mass is 537 g/mol. The number of unbranched alkanes of at least 4 members (excludes halogenated alkanes) is 3. The lowest BCUT2D eigenvalue weighted by atomic mass is 9.84. The Morgan fingerprint density at radius 1 is 0.923 bits per heavy atom. The number of hydrogen-bond donors (Lipinski definition) is 1. The molecule has 39 heavy (non-hydrogen) atoms. The van der Waals surface area contributed by atoms with Gasteiger partial charge in [-0.1, -0.05) is 76.5 Å². The van der Waals surface area contributed by atoms with Crippen molar-refractivity contribution in [2.24, 2.45) is 0 Å². The van der Waals surface area contributed by atoms with E-state index in [1.165, 1.54) is 0 Å². The maximum Gasteiger partial charge on any atom is 0.416 e. The Labute approximate surface area is 229 Å². The Bertz CT molecular complexity index is 1320. The third-order valence-corrected chi connectivity index (χ3v) is 7.47. The number of carbonyl (C=O) groups is 1. The third-order valence-electron chi connectivity index (χ3n) is 7.47. The van der Waals surface area contributed by atoms with Crippen LogP contribution in [0.3, 0.4) is 0 Å². The Balaban J connectivity index is 1.72. The average Bonchev–Trinajstić information content (AvgIpc) is 3.55. The Morgan fingerprint density at radius 3 is 2.23 bits per heavy atom. The van der Waals surface area contributed by atoms with Crippen molar-refractivity contribution in [1.29, 1.82) is 0 Å². The van der Waals surface area contributed by atoms with Crippen molar-refractivity contribution < 1.29 is 18.0 Å². The van der Waals surface area contributed by atoms with E-state index in [4.69, 9.17) is 0 Å². The van der Waals surface area contributed by atoms with Gasteiger partial charge in [0.1, 0.15) is 0 Å². The maximum atomic E-state index is 14.4. The first-order valence-electron chi connectivity index (χ1n) is 14.2. The van der Waals surface area contributed by atoms with Gasteiger partial charge in [0.15, 0.2) is 5.82 Å². The predicted molar refractivity (Wildman–Crippen MR) is 151 cm³/mol. The molecular weight excluding hydrogens is 499 g/mol. The summed E-state index contributed by atoms with van der Waals surface area (Å²) < 4.78 is 44.9. The number of rotatable bonds is 12. The maximum absolute atomic E-state index is 14.4. The van der Waals surface area contributed by atoms with Crippen LogP contribution in [0.25, 0.3) is 6.08 Å². The van der Waals surface area contributed by atoms with Crippen molar-refractivity contribution in [2.75, 3.05) is 5.32 Å². The second-order valence-corrected chi connectivity index (χ2v) is 10.3. The molecule has 1 aromatic heterocycles. The molecule has 0 aliphatic heterocycles. The molecular formula is C32H38F3N3O. The van der Waals surface area contributed by atoms with Gasteiger partial charge in [-0.2, -0.15) is 18.3 Å². The molecule has 7 heteroatoms. The summed E-state index contributed by atoms with van der Waals surface area (Å²) in [4.78, 5) is 13.6. The molecule has 1 atom stereocenters. The van der Waals surface area contributed by atoms with E-state index >= 15 is 0 Å². The molecule has 1 unspecified atom stereocenters. The topological polar surface area (TPSA) is 46.9 Å². The fraction of sp³-hybridized carbons (Fsp3) is 0.438. The minimum atomic E-state index is -4.54. The van der Waals surface area contributed by atoms with Gasteiger partial charge in [0.2, 0.25) is 0 Å². The fourth-order valence-corrected chi connectivity index (χ4v) is 5.42. The molecule has 1 heterocycles. The van der Waals surface area contributed by atoms with Crippen LogP contribution >= 0.6 is 0 Å². The van der Waals surface area contributed by atoms with E-state index in [0.29, 0.717) is 37.1 Å². The molecule has 208 valence electrons. The van der Waals surface area contributed by atoms with Gasteiger partial charge in [-0.3, -0.25) is 9.48 Å². The first kappa shape index (κ1) is 28.7. The van der Waals surface area contributed by atoms with Crippen LogP contribution in [0.4, 0.5) is 19.0 Å². The summed E-state index contributed by atoms with van der Waals surface area (Å²) >= 11 is 0. The second-order valence-electron chi connectivity index (χ2n) is 10.3. The predicted octanol–water partition coefficient (Wildman–Crippen LogP) is 8.80. The van der Waals surface area contributed by atoms with Crippen LogP contribution in [0.5, 0.6) is 0 Å². The zero-order valence-corrected chi connectivity index (χ0v) is 23.1. The van der Waals surface area contributed by atoms with Crippen molar-refractivity contribution in [3.05, 3.63) is 87.6 Å². The zero-order chi connectivity index (χ0) is 28.0. The molecule has 0 saturated heterocycles. The molecule has 4 nitrogen and oxygen atoms in total. The summed E-state index contributed by atoms with van der Waals surface area (Å²) in [5.41, 5.74) is 3.51. The van der Waals surface area contributed by atoms with Crippen molar-refractivity contribution in [1.82, 2.24) is 9.78 Å². The van der Waals surface area contributed by atoms with Crippen LogP contribution in [0.15, 0.2) is 48.7 Å². The fourth-order valence-electron chi connectivity index (χ4n) is 5.42. The highest BCUT2D eigenvalue weighted by atomic mass is 19.4. The minimum absolute atomic E-state index is 0.0951. The van der Waals surface area contributed by atoms with Crippen LogP contribution < -0.4 is 5.32 Å². The number of amides is 1. The molecule has 1 aliphatic carbocycles. The van der Waals surface area contributed by atoms with Gasteiger partial charge in [0, 0.05) is 17.8 Å². The Morgan fingerprint density at radius 2 is 1.56 bits per heavy atom. The minimum Gasteiger partial charge on any atom is -0.305 e. The quantitative estimate of drug-likeness (QED) is 0.251. The van der Waals surface area contributed by atoms with Gasteiger partial charge in [0.05, 0.1) is 11.6 Å². The number of anilines is 1. The van der Waals surface area contributed by atoms with Crippen molar-refractivity contribution in [2.45, 2.75) is 90.8 Å². The first-order chi connectivity index (χ1) is 18.8. The van der Waals surface area contributed by atoms with Gasteiger partial charge < -0.3 is 5.32 Å². The largest absolute Gasteiger partial charge is 0.416 e. The lowest BCUT2D eigenvalue weighted by molar-refractivity contribution is -0.138. The summed E-state index contributed by atoms with van der Waals surface area (Å²) in [7, 11) is 0. The standard InChI is InChI=1S/C32H38F3N3O/c1-4-7-13-24-25(14-8-5-2)27(21-28(32(33,34)35)26(24)15-9-6-3)31(39)36-30-19-20-38(37-30)29-18-17-22-12-10-11-16-23(22)29/h10-12,16-21,29H,4-9,13-15H2,1-3H3,(H,36,37,39). The Kier molecular flexibility index (Phi) is 9.31. The molecule has 2 aromatic carbocycles. The van der Waals surface area contributed by atoms with Crippen molar-refractivity contribution >= 4 is 17.8 Å². The van der Waals surface area contributed by atoms with Gasteiger partial charge in [-0.15, -0.1) is 0 Å². The van der Waals surface area contributed by atoms with E-state index in [9.17, 15) is 18.0 Å². The number of hydrogen-bond acceptors (Lipinski definition) is 2. The average molecular weight is 538 g/mol. The Hall–Kier alpha value is -3.35. The number of halogens is 3. The van der Waals surface area contributed by atoms with Gasteiger partial charge in [-0.25, -0.2) is 0 Å². The SMILES string of the molecule is CCCCc1c(C(=O)Nc2ccn(C3C=Cc4ccccc43)n2)cc(C(F)(F)F)c(CCCC)c1CCCC. The number of aromatic nitrogens is 2. The van der Waals surface area contributed by atoms with E-state index < -0.39 is 17.6 Å². The number of alkyl halides is 3. The van der Waals surface area contributed by atoms with E-state index in [1.54, 1.807) is 16.9 Å². The number of carbonyl (C=O) groups excluding carboxylic acids is 1. The molecule has 0 spiro atoms. The highest BCUT2D eigenvalue weighted by molar-refractivity contribution is 6.05. The van der Waals surface area contributed by atoms with Crippen LogP contribution in [0.2, 0.25) is 0 Å². The summed E-state index contributed by atoms with van der Waals surface area (Å²) in [5.74, 6) is -0.225. The summed E-state index contributed by atoms with van der Waals surface area (Å²) in [6.45, 7) is 6.07. The number of nitrogens with one attached hydrogen (secondary N) is 1. The summed E-state index contributed by atoms with van der Waals surface area (Å²) in [5, 5.41) is 7.37. The molecule has 0 bridgehead atoms. The lowest BCUT2D eigenvalue weighted by Crippen LogP contribution is -2.21. The molecule has 1 aliphatic rings. The number of allylic oxidation sites excluding steroid dienone is 1. The molecule has 0 radical (unpaired) electrons. The number of nitrogens with zero attached hydrogens (tertiary/aromatic N) is 2. The van der Waals surface area contributed by atoms with Crippen LogP contribution in [0, 0.1) is 0 Å². The molecule has 4 rings (SSSR count). The smallest absolute Gasteiger partial charge is 0.305 e.